The average Bonchev–Trinajstić information content (AvgIpc) is 3.51. The molecule has 0 aromatic heterocycles. The topological polar surface area (TPSA) is 34.2 Å². The van der Waals surface area contributed by atoms with Gasteiger partial charge < -0.3 is 19.1 Å². The standard InChI is InChI=1S/C24H36N2O3/c1-2-7-21(6-1)26-12-10-19(11-13-26)15-25(17-22-8-4-14-27-22)16-20-5-3-9-23-24(20)29-18-28-23/h3,5,9,19,21-22H,1-2,4,6-8,10-18H2/t22-/m1/s1. The predicted octanol–water partition coefficient (Wildman–Crippen LogP) is 4.05. The third-order valence-electron chi connectivity index (χ3n) is 7.36. The number of rotatable bonds is 7. The molecule has 0 radical (unpaired) electrons. The summed E-state index contributed by atoms with van der Waals surface area (Å²) in [5.41, 5.74) is 1.25. The summed E-state index contributed by atoms with van der Waals surface area (Å²) in [6.45, 7) is 6.99. The van der Waals surface area contributed by atoms with E-state index in [1.807, 2.05) is 6.07 Å². The number of hydrogen-bond donors (Lipinski definition) is 0. The minimum Gasteiger partial charge on any atom is -0.454 e. The quantitative estimate of drug-likeness (QED) is 0.690. The van der Waals surface area contributed by atoms with Crippen molar-refractivity contribution in [3.63, 3.8) is 0 Å². The van der Waals surface area contributed by atoms with Gasteiger partial charge in [0.2, 0.25) is 6.79 Å². The largest absolute Gasteiger partial charge is 0.454 e. The molecule has 1 aliphatic carbocycles. The maximum Gasteiger partial charge on any atom is 0.231 e. The Morgan fingerprint density at radius 1 is 0.931 bits per heavy atom. The van der Waals surface area contributed by atoms with Crippen molar-refractivity contribution < 1.29 is 14.2 Å². The smallest absolute Gasteiger partial charge is 0.231 e. The highest BCUT2D eigenvalue weighted by Crippen LogP contribution is 2.36. The van der Waals surface area contributed by atoms with Crippen LogP contribution < -0.4 is 9.47 Å². The first-order valence-corrected chi connectivity index (χ1v) is 11.8. The molecule has 1 atom stereocenters. The zero-order chi connectivity index (χ0) is 19.5. The molecule has 0 bridgehead atoms. The van der Waals surface area contributed by atoms with Crippen LogP contribution in [0, 0.1) is 5.92 Å². The number of piperidine rings is 1. The minimum atomic E-state index is 0.345. The Morgan fingerprint density at radius 2 is 1.79 bits per heavy atom. The highest BCUT2D eigenvalue weighted by Gasteiger charge is 2.29. The van der Waals surface area contributed by atoms with Crippen molar-refractivity contribution in [1.29, 1.82) is 0 Å². The summed E-state index contributed by atoms with van der Waals surface area (Å²) in [5, 5.41) is 0. The maximum absolute atomic E-state index is 5.98. The van der Waals surface area contributed by atoms with E-state index in [4.69, 9.17) is 14.2 Å². The Bertz CT molecular complexity index is 662. The fourth-order valence-electron chi connectivity index (χ4n) is 5.77. The van der Waals surface area contributed by atoms with Crippen LogP contribution in [-0.4, -0.2) is 61.5 Å². The van der Waals surface area contributed by atoms with Gasteiger partial charge in [-0.15, -0.1) is 0 Å². The van der Waals surface area contributed by atoms with E-state index in [9.17, 15) is 0 Å². The molecule has 0 spiro atoms. The lowest BCUT2D eigenvalue weighted by atomic mass is 9.94. The molecule has 1 aromatic carbocycles. The SMILES string of the molecule is c1cc(CN(CC2CCN(C3CCCC3)CC2)C[C@H]2CCCO2)c2c(c1)OCO2. The van der Waals surface area contributed by atoms with Crippen LogP contribution in [0.5, 0.6) is 11.5 Å². The Kier molecular flexibility index (Phi) is 6.26. The molecule has 1 aromatic rings. The lowest BCUT2D eigenvalue weighted by Gasteiger charge is -2.38. The lowest BCUT2D eigenvalue weighted by molar-refractivity contribution is 0.0536. The molecule has 160 valence electrons. The van der Waals surface area contributed by atoms with Gasteiger partial charge in [0.25, 0.3) is 0 Å². The summed E-state index contributed by atoms with van der Waals surface area (Å²) in [6.07, 6.45) is 11.2. The molecule has 1 saturated carbocycles. The van der Waals surface area contributed by atoms with Gasteiger partial charge in [0.15, 0.2) is 11.5 Å². The van der Waals surface area contributed by atoms with Crippen LogP contribution in [-0.2, 0) is 11.3 Å². The van der Waals surface area contributed by atoms with E-state index in [-0.39, 0.29) is 0 Å². The molecule has 0 amide bonds. The fourth-order valence-corrected chi connectivity index (χ4v) is 5.77. The molecule has 5 heteroatoms. The second kappa shape index (κ2) is 9.23. The number of para-hydroxylation sites is 1. The monoisotopic (exact) mass is 400 g/mol. The van der Waals surface area contributed by atoms with Crippen molar-refractivity contribution in [2.24, 2.45) is 5.92 Å². The summed E-state index contributed by atoms with van der Waals surface area (Å²) in [5.74, 6) is 2.63. The Hall–Kier alpha value is -1.30. The van der Waals surface area contributed by atoms with Gasteiger partial charge in [-0.1, -0.05) is 25.0 Å². The van der Waals surface area contributed by atoms with Crippen LogP contribution in [0.2, 0.25) is 0 Å². The first-order chi connectivity index (χ1) is 14.3. The zero-order valence-corrected chi connectivity index (χ0v) is 17.7. The Labute approximate surface area is 175 Å². The number of ether oxygens (including phenoxy) is 3. The highest BCUT2D eigenvalue weighted by atomic mass is 16.7. The van der Waals surface area contributed by atoms with Gasteiger partial charge in [-0.25, -0.2) is 0 Å². The van der Waals surface area contributed by atoms with Crippen molar-refractivity contribution >= 4 is 0 Å². The van der Waals surface area contributed by atoms with E-state index in [0.29, 0.717) is 12.9 Å². The van der Waals surface area contributed by atoms with E-state index in [2.05, 4.69) is 21.9 Å². The number of hydrogen-bond acceptors (Lipinski definition) is 5. The van der Waals surface area contributed by atoms with Crippen LogP contribution >= 0.6 is 0 Å². The van der Waals surface area contributed by atoms with Gasteiger partial charge in [0.1, 0.15) is 0 Å². The number of likely N-dealkylation sites (tertiary alicyclic amines) is 1. The summed E-state index contributed by atoms with van der Waals surface area (Å²) >= 11 is 0. The molecule has 5 nitrogen and oxygen atoms in total. The van der Waals surface area contributed by atoms with E-state index >= 15 is 0 Å². The van der Waals surface area contributed by atoms with Gasteiger partial charge in [0.05, 0.1) is 6.10 Å². The van der Waals surface area contributed by atoms with Crippen molar-refractivity contribution in [2.45, 2.75) is 70.1 Å². The number of nitrogens with zero attached hydrogens (tertiary/aromatic N) is 2. The summed E-state index contributed by atoms with van der Waals surface area (Å²) in [4.78, 5) is 5.41. The summed E-state index contributed by atoms with van der Waals surface area (Å²) in [7, 11) is 0. The second-order valence-corrected chi connectivity index (χ2v) is 9.40. The van der Waals surface area contributed by atoms with Gasteiger partial charge in [-0.05, 0) is 63.6 Å². The molecule has 29 heavy (non-hydrogen) atoms. The summed E-state index contributed by atoms with van der Waals surface area (Å²) in [6, 6.07) is 7.17. The van der Waals surface area contributed by atoms with E-state index in [0.717, 1.165) is 43.2 Å². The third kappa shape index (κ3) is 4.73. The third-order valence-corrected chi connectivity index (χ3v) is 7.36. The van der Waals surface area contributed by atoms with E-state index in [1.54, 1.807) is 0 Å². The maximum atomic E-state index is 5.98. The van der Waals surface area contributed by atoms with Crippen molar-refractivity contribution in [1.82, 2.24) is 9.80 Å². The first kappa shape index (κ1) is 19.7. The molecular weight excluding hydrogens is 364 g/mol. The zero-order valence-electron chi connectivity index (χ0n) is 17.7. The van der Waals surface area contributed by atoms with Crippen LogP contribution in [0.1, 0.15) is 56.9 Å². The van der Waals surface area contributed by atoms with Crippen molar-refractivity contribution in [3.05, 3.63) is 23.8 Å². The average molecular weight is 401 g/mol. The van der Waals surface area contributed by atoms with Crippen LogP contribution in [0.4, 0.5) is 0 Å². The predicted molar refractivity (Wildman–Crippen MR) is 113 cm³/mol. The Balaban J connectivity index is 1.21. The normalized spacial score (nSPS) is 26.0. The molecule has 3 fully saturated rings. The first-order valence-electron chi connectivity index (χ1n) is 11.8. The molecule has 2 saturated heterocycles. The van der Waals surface area contributed by atoms with Gasteiger partial charge in [-0.3, -0.25) is 4.90 Å². The van der Waals surface area contributed by atoms with Gasteiger partial charge >= 0.3 is 0 Å². The van der Waals surface area contributed by atoms with Crippen molar-refractivity contribution in [2.75, 3.05) is 39.6 Å². The highest BCUT2D eigenvalue weighted by molar-refractivity contribution is 5.48. The fraction of sp³-hybridized carbons (Fsp3) is 0.750. The van der Waals surface area contributed by atoms with Crippen LogP contribution in [0.3, 0.4) is 0 Å². The van der Waals surface area contributed by atoms with Gasteiger partial charge in [0, 0.05) is 37.8 Å². The van der Waals surface area contributed by atoms with Crippen LogP contribution in [0.25, 0.3) is 0 Å². The van der Waals surface area contributed by atoms with Gasteiger partial charge in [-0.2, -0.15) is 0 Å². The van der Waals surface area contributed by atoms with E-state index in [1.165, 1.54) is 76.6 Å². The molecule has 0 unspecified atom stereocenters. The second-order valence-electron chi connectivity index (χ2n) is 9.40. The lowest BCUT2D eigenvalue weighted by Crippen LogP contribution is -2.43. The number of fused-ring (bicyclic) bond motifs is 1. The molecule has 5 rings (SSSR count). The van der Waals surface area contributed by atoms with Crippen molar-refractivity contribution in [3.8, 4) is 11.5 Å². The molecule has 4 aliphatic rings. The molecule has 0 N–H and O–H groups in total. The Morgan fingerprint density at radius 3 is 2.59 bits per heavy atom. The van der Waals surface area contributed by atoms with E-state index < -0.39 is 0 Å². The number of benzene rings is 1. The minimum absolute atomic E-state index is 0.345. The summed E-state index contributed by atoms with van der Waals surface area (Å²) < 4.78 is 17.3. The van der Waals surface area contributed by atoms with Crippen LogP contribution in [0.15, 0.2) is 18.2 Å². The molecular formula is C24H36N2O3. The molecule has 3 aliphatic heterocycles. The molecule has 3 heterocycles.